The molecular weight excluding hydrogens is 313 g/mol. The van der Waals surface area contributed by atoms with E-state index in [9.17, 15) is 14.0 Å². The van der Waals surface area contributed by atoms with Crippen LogP contribution in [-0.2, 0) is 19.1 Å². The van der Waals surface area contributed by atoms with Crippen molar-refractivity contribution in [3.05, 3.63) is 29.0 Å². The quantitative estimate of drug-likeness (QED) is 0.863. The van der Waals surface area contributed by atoms with Crippen molar-refractivity contribution in [2.24, 2.45) is 5.92 Å². The summed E-state index contributed by atoms with van der Waals surface area (Å²) in [6.45, 7) is 2.51. The summed E-state index contributed by atoms with van der Waals surface area (Å²) in [4.78, 5) is 23.9. The van der Waals surface area contributed by atoms with E-state index in [-0.39, 0.29) is 16.6 Å². The largest absolute Gasteiger partial charge is 0.452 e. The summed E-state index contributed by atoms with van der Waals surface area (Å²) in [5.74, 6) is -1.66. The van der Waals surface area contributed by atoms with Crippen LogP contribution in [0.5, 0.6) is 0 Å². The van der Waals surface area contributed by atoms with Crippen LogP contribution in [0.2, 0.25) is 5.02 Å². The first-order valence-electron chi connectivity index (χ1n) is 7.01. The van der Waals surface area contributed by atoms with Crippen LogP contribution in [0.4, 0.5) is 10.1 Å². The first-order valence-corrected chi connectivity index (χ1v) is 7.39. The molecular formula is C15H17ClFNO4. The van der Waals surface area contributed by atoms with Gasteiger partial charge in [-0.3, -0.25) is 9.59 Å². The summed E-state index contributed by atoms with van der Waals surface area (Å²) >= 11 is 5.83. The highest BCUT2D eigenvalue weighted by Gasteiger charge is 2.26. The van der Waals surface area contributed by atoms with Gasteiger partial charge in [0.15, 0.2) is 6.10 Å². The molecule has 1 aromatic rings. The van der Waals surface area contributed by atoms with Crippen LogP contribution >= 0.6 is 11.6 Å². The van der Waals surface area contributed by atoms with Crippen LogP contribution in [0.25, 0.3) is 0 Å². The van der Waals surface area contributed by atoms with Gasteiger partial charge in [0.05, 0.1) is 16.6 Å². The minimum Gasteiger partial charge on any atom is -0.452 e. The molecule has 1 aliphatic rings. The third-order valence-corrected chi connectivity index (χ3v) is 3.72. The molecule has 1 atom stereocenters. The lowest BCUT2D eigenvalue weighted by atomic mass is 10.0. The van der Waals surface area contributed by atoms with Gasteiger partial charge in [0.1, 0.15) is 5.82 Å². The molecule has 1 fully saturated rings. The number of carbonyl (C=O) groups excluding carboxylic acids is 2. The van der Waals surface area contributed by atoms with Gasteiger partial charge in [-0.1, -0.05) is 11.6 Å². The molecule has 7 heteroatoms. The maximum Gasteiger partial charge on any atom is 0.309 e. The standard InChI is InChI=1S/C15H17ClFNO4/c1-9(22-15(20)10-4-6-21-7-5-10)14(19)18-13-3-2-11(17)8-12(13)16/h2-3,8-10H,4-7H2,1H3,(H,18,19). The smallest absolute Gasteiger partial charge is 0.309 e. The van der Waals surface area contributed by atoms with Crippen molar-refractivity contribution in [3.8, 4) is 0 Å². The van der Waals surface area contributed by atoms with Gasteiger partial charge in [0.25, 0.3) is 5.91 Å². The first kappa shape index (κ1) is 16.7. The lowest BCUT2D eigenvalue weighted by molar-refractivity contribution is -0.160. The Bertz CT molecular complexity index is 560. The second kappa shape index (κ2) is 7.56. The second-order valence-corrected chi connectivity index (χ2v) is 5.49. The third-order valence-electron chi connectivity index (χ3n) is 3.41. The van der Waals surface area contributed by atoms with Gasteiger partial charge in [-0.25, -0.2) is 4.39 Å². The van der Waals surface area contributed by atoms with Crippen LogP contribution in [0.15, 0.2) is 18.2 Å². The maximum atomic E-state index is 12.9. The van der Waals surface area contributed by atoms with Crippen LogP contribution in [-0.4, -0.2) is 31.2 Å². The minimum atomic E-state index is -0.962. The zero-order valence-corrected chi connectivity index (χ0v) is 12.9. The maximum absolute atomic E-state index is 12.9. The molecule has 0 radical (unpaired) electrons. The molecule has 1 unspecified atom stereocenters. The number of hydrogen-bond donors (Lipinski definition) is 1. The zero-order valence-electron chi connectivity index (χ0n) is 12.1. The van der Waals surface area contributed by atoms with Crippen LogP contribution in [0.3, 0.4) is 0 Å². The topological polar surface area (TPSA) is 64.6 Å². The lowest BCUT2D eigenvalue weighted by Crippen LogP contribution is -2.34. The molecule has 1 aromatic carbocycles. The average molecular weight is 330 g/mol. The Labute approximate surface area is 132 Å². The van der Waals surface area contributed by atoms with Crippen molar-refractivity contribution in [2.75, 3.05) is 18.5 Å². The fourth-order valence-corrected chi connectivity index (χ4v) is 2.30. The Kier molecular flexibility index (Phi) is 5.74. The number of halogens is 2. The second-order valence-electron chi connectivity index (χ2n) is 5.08. The van der Waals surface area contributed by atoms with Crippen molar-refractivity contribution in [2.45, 2.75) is 25.9 Å². The molecule has 0 bridgehead atoms. The minimum absolute atomic E-state index is 0.0799. The van der Waals surface area contributed by atoms with E-state index in [0.717, 1.165) is 6.07 Å². The van der Waals surface area contributed by atoms with Crippen LogP contribution in [0.1, 0.15) is 19.8 Å². The summed E-state index contributed by atoms with van der Waals surface area (Å²) in [5, 5.41) is 2.59. The van der Waals surface area contributed by atoms with E-state index in [2.05, 4.69) is 5.32 Å². The summed E-state index contributed by atoms with van der Waals surface area (Å²) in [6.07, 6.45) is 0.227. The number of carbonyl (C=O) groups is 2. The zero-order chi connectivity index (χ0) is 16.1. The molecule has 5 nitrogen and oxygen atoms in total. The molecule has 1 aliphatic heterocycles. The first-order chi connectivity index (χ1) is 10.5. The van der Waals surface area contributed by atoms with E-state index in [1.165, 1.54) is 19.1 Å². The van der Waals surface area contributed by atoms with Gasteiger partial charge in [-0.2, -0.15) is 0 Å². The number of ether oxygens (including phenoxy) is 2. The van der Waals surface area contributed by atoms with E-state index in [1.54, 1.807) is 0 Å². The van der Waals surface area contributed by atoms with E-state index in [4.69, 9.17) is 21.1 Å². The van der Waals surface area contributed by atoms with Crippen molar-refractivity contribution >= 4 is 29.2 Å². The third kappa shape index (κ3) is 4.42. The van der Waals surface area contributed by atoms with Crippen molar-refractivity contribution in [3.63, 3.8) is 0 Å². The monoisotopic (exact) mass is 329 g/mol. The number of benzene rings is 1. The normalized spacial score (nSPS) is 16.9. The predicted octanol–water partition coefficient (Wildman–Crippen LogP) is 2.78. The molecule has 22 heavy (non-hydrogen) atoms. The number of nitrogens with one attached hydrogen (secondary N) is 1. The van der Waals surface area contributed by atoms with Crippen molar-refractivity contribution in [1.82, 2.24) is 0 Å². The number of amides is 1. The van der Waals surface area contributed by atoms with Crippen molar-refractivity contribution in [1.29, 1.82) is 0 Å². The molecule has 2 rings (SSSR count). The predicted molar refractivity (Wildman–Crippen MR) is 79.1 cm³/mol. The Morgan fingerprint density at radius 1 is 1.41 bits per heavy atom. The molecule has 1 heterocycles. The molecule has 1 amide bonds. The Morgan fingerprint density at radius 2 is 2.09 bits per heavy atom. The number of rotatable bonds is 4. The molecule has 1 N–H and O–H groups in total. The lowest BCUT2D eigenvalue weighted by Gasteiger charge is -2.22. The summed E-state index contributed by atoms with van der Waals surface area (Å²) in [6, 6.07) is 3.62. The highest BCUT2D eigenvalue weighted by Crippen LogP contribution is 2.23. The van der Waals surface area contributed by atoms with Gasteiger partial charge >= 0.3 is 5.97 Å². The summed E-state index contributed by atoms with van der Waals surface area (Å²) < 4.78 is 23.3. The van der Waals surface area contributed by atoms with Gasteiger partial charge in [0.2, 0.25) is 0 Å². The molecule has 120 valence electrons. The van der Waals surface area contributed by atoms with Crippen LogP contribution < -0.4 is 5.32 Å². The molecule has 0 spiro atoms. The summed E-state index contributed by atoms with van der Waals surface area (Å²) in [7, 11) is 0. The van der Waals surface area contributed by atoms with E-state index >= 15 is 0 Å². The van der Waals surface area contributed by atoms with Crippen LogP contribution in [0, 0.1) is 11.7 Å². The fourth-order valence-electron chi connectivity index (χ4n) is 2.08. The molecule has 0 aromatic heterocycles. The van der Waals surface area contributed by atoms with Gasteiger partial charge in [-0.05, 0) is 38.0 Å². The van der Waals surface area contributed by atoms with E-state index < -0.39 is 23.8 Å². The molecule has 0 saturated carbocycles. The Balaban J connectivity index is 1.89. The van der Waals surface area contributed by atoms with Crippen molar-refractivity contribution < 1.29 is 23.5 Å². The Hall–Kier alpha value is -1.66. The molecule has 1 saturated heterocycles. The molecule has 0 aliphatic carbocycles. The highest BCUT2D eigenvalue weighted by molar-refractivity contribution is 6.33. The Morgan fingerprint density at radius 3 is 2.73 bits per heavy atom. The highest BCUT2D eigenvalue weighted by atomic mass is 35.5. The van der Waals surface area contributed by atoms with Gasteiger partial charge in [-0.15, -0.1) is 0 Å². The van der Waals surface area contributed by atoms with E-state index in [1.807, 2.05) is 0 Å². The number of anilines is 1. The number of hydrogen-bond acceptors (Lipinski definition) is 4. The number of esters is 1. The summed E-state index contributed by atoms with van der Waals surface area (Å²) in [5.41, 5.74) is 0.266. The SMILES string of the molecule is CC(OC(=O)C1CCOCC1)C(=O)Nc1ccc(F)cc1Cl. The van der Waals surface area contributed by atoms with Gasteiger partial charge in [0, 0.05) is 13.2 Å². The average Bonchev–Trinajstić information content (AvgIpc) is 2.50. The van der Waals surface area contributed by atoms with E-state index in [0.29, 0.717) is 26.1 Å². The fraction of sp³-hybridized carbons (Fsp3) is 0.467. The van der Waals surface area contributed by atoms with Gasteiger partial charge < -0.3 is 14.8 Å².